The van der Waals surface area contributed by atoms with Crippen molar-refractivity contribution in [3.8, 4) is 0 Å². The number of ether oxygens (including phenoxy) is 3. The van der Waals surface area contributed by atoms with Crippen molar-refractivity contribution in [3.63, 3.8) is 0 Å². The van der Waals surface area contributed by atoms with Crippen LogP contribution in [0.15, 0.2) is 6.07 Å². The van der Waals surface area contributed by atoms with Crippen LogP contribution in [0.2, 0.25) is 5.15 Å². The standard InChI is InChI=1S/C23H33ClFN3O6/c1-22(2,3)33-20(30)28(21(31)34-23(4,5)6)16-11-9-8-10-15(16)26-18-14(25)12-13(17(24)27-18)19(29)32-7/h12,15-16H,8-11H2,1-7H3,(H,26,27)/t15-,16+/m1/s1. The van der Waals surface area contributed by atoms with Crippen molar-refractivity contribution in [1.82, 2.24) is 9.88 Å². The molecule has 190 valence electrons. The van der Waals surface area contributed by atoms with Gasteiger partial charge in [-0.25, -0.2) is 28.7 Å². The Morgan fingerprint density at radius 2 is 1.59 bits per heavy atom. The van der Waals surface area contributed by atoms with Crippen LogP contribution in [0.3, 0.4) is 0 Å². The van der Waals surface area contributed by atoms with Crippen molar-refractivity contribution in [2.75, 3.05) is 12.4 Å². The Kier molecular flexibility index (Phi) is 8.74. The second-order valence-corrected chi connectivity index (χ2v) is 10.4. The van der Waals surface area contributed by atoms with Crippen LogP contribution < -0.4 is 5.32 Å². The van der Waals surface area contributed by atoms with Gasteiger partial charge in [0.15, 0.2) is 11.6 Å². The number of methoxy groups -OCH3 is 1. The van der Waals surface area contributed by atoms with Crippen LogP contribution in [-0.4, -0.2) is 58.4 Å². The average Bonchev–Trinajstić information content (AvgIpc) is 2.68. The fourth-order valence-electron chi connectivity index (χ4n) is 3.55. The van der Waals surface area contributed by atoms with Crippen molar-refractivity contribution in [3.05, 3.63) is 22.6 Å². The molecule has 2 rings (SSSR count). The Morgan fingerprint density at radius 1 is 1.06 bits per heavy atom. The molecule has 0 spiro atoms. The molecule has 0 saturated heterocycles. The van der Waals surface area contributed by atoms with Crippen LogP contribution in [0.5, 0.6) is 0 Å². The van der Waals surface area contributed by atoms with E-state index in [0.717, 1.165) is 30.9 Å². The summed E-state index contributed by atoms with van der Waals surface area (Å²) in [4.78, 5) is 42.8. The number of nitrogens with zero attached hydrogens (tertiary/aromatic N) is 2. The zero-order valence-corrected chi connectivity index (χ0v) is 21.4. The number of hydrogen-bond acceptors (Lipinski definition) is 8. The van der Waals surface area contributed by atoms with Crippen LogP contribution in [0, 0.1) is 5.82 Å². The predicted octanol–water partition coefficient (Wildman–Crippen LogP) is 5.56. The van der Waals surface area contributed by atoms with Gasteiger partial charge in [-0.2, -0.15) is 0 Å². The van der Waals surface area contributed by atoms with E-state index in [4.69, 9.17) is 21.1 Å². The van der Waals surface area contributed by atoms with Gasteiger partial charge in [0.25, 0.3) is 0 Å². The molecule has 1 aromatic rings. The first kappa shape index (κ1) is 27.6. The summed E-state index contributed by atoms with van der Waals surface area (Å²) >= 11 is 6.06. The smallest absolute Gasteiger partial charge is 0.420 e. The Hall–Kier alpha value is -2.62. The summed E-state index contributed by atoms with van der Waals surface area (Å²) < 4.78 is 30.3. The third kappa shape index (κ3) is 7.44. The zero-order chi connectivity index (χ0) is 25.8. The fraction of sp³-hybridized carbons (Fsp3) is 0.652. The molecule has 0 aromatic carbocycles. The molecule has 1 saturated carbocycles. The molecule has 1 aromatic heterocycles. The number of imide groups is 1. The summed E-state index contributed by atoms with van der Waals surface area (Å²) in [6.45, 7) is 10.2. The molecule has 0 unspecified atom stereocenters. The average molecular weight is 502 g/mol. The van der Waals surface area contributed by atoms with Gasteiger partial charge in [0.05, 0.1) is 13.2 Å². The first-order valence-electron chi connectivity index (χ1n) is 11.1. The largest absolute Gasteiger partial charge is 0.465 e. The molecular formula is C23H33ClFN3O6. The molecule has 11 heteroatoms. The summed E-state index contributed by atoms with van der Waals surface area (Å²) in [7, 11) is 1.15. The van der Waals surface area contributed by atoms with Crippen molar-refractivity contribution >= 4 is 35.6 Å². The Morgan fingerprint density at radius 3 is 2.09 bits per heavy atom. The highest BCUT2D eigenvalue weighted by Gasteiger charge is 2.41. The number of hydrogen-bond donors (Lipinski definition) is 1. The summed E-state index contributed by atoms with van der Waals surface area (Å²) in [6.07, 6.45) is 0.778. The van der Waals surface area contributed by atoms with E-state index in [0.29, 0.717) is 12.8 Å². The van der Waals surface area contributed by atoms with Gasteiger partial charge in [-0.15, -0.1) is 0 Å². The van der Waals surface area contributed by atoms with E-state index in [1.54, 1.807) is 41.5 Å². The SMILES string of the molecule is COC(=O)c1cc(F)c(N[C@@H]2CCCC[C@@H]2N(C(=O)OC(C)(C)C)C(=O)OC(C)(C)C)nc1Cl. The van der Waals surface area contributed by atoms with Crippen molar-refractivity contribution < 1.29 is 33.0 Å². The van der Waals surface area contributed by atoms with Gasteiger partial charge < -0.3 is 19.5 Å². The second-order valence-electron chi connectivity index (χ2n) is 10.1. The lowest BCUT2D eigenvalue weighted by Crippen LogP contribution is -2.56. The number of nitrogens with one attached hydrogen (secondary N) is 1. The minimum atomic E-state index is -0.854. The number of halogens is 2. The first-order chi connectivity index (χ1) is 15.6. The van der Waals surface area contributed by atoms with Crippen LogP contribution in [0.4, 0.5) is 19.8 Å². The molecular weight excluding hydrogens is 469 g/mol. The lowest BCUT2D eigenvalue weighted by Gasteiger charge is -2.39. The highest BCUT2D eigenvalue weighted by Crippen LogP contribution is 2.30. The summed E-state index contributed by atoms with van der Waals surface area (Å²) in [6, 6.07) is -0.324. The Balaban J connectivity index is 2.40. The van der Waals surface area contributed by atoms with Crippen molar-refractivity contribution in [1.29, 1.82) is 0 Å². The van der Waals surface area contributed by atoms with E-state index in [9.17, 15) is 18.8 Å². The second kappa shape index (κ2) is 10.8. The number of rotatable bonds is 4. The van der Waals surface area contributed by atoms with Crippen LogP contribution in [0.25, 0.3) is 0 Å². The lowest BCUT2D eigenvalue weighted by atomic mass is 9.89. The summed E-state index contributed by atoms with van der Waals surface area (Å²) in [5.41, 5.74) is -1.91. The molecule has 0 radical (unpaired) electrons. The maximum atomic E-state index is 14.8. The van der Waals surface area contributed by atoms with Gasteiger partial charge in [0.1, 0.15) is 21.9 Å². The molecule has 2 amide bonds. The summed E-state index contributed by atoms with van der Waals surface area (Å²) in [5.74, 6) is -1.85. The molecule has 1 N–H and O–H groups in total. The zero-order valence-electron chi connectivity index (χ0n) is 20.7. The van der Waals surface area contributed by atoms with Crippen molar-refractivity contribution in [2.24, 2.45) is 0 Å². The maximum Gasteiger partial charge on any atom is 0.420 e. The number of amides is 2. The molecule has 1 heterocycles. The van der Waals surface area contributed by atoms with E-state index in [1.165, 1.54) is 0 Å². The number of carbonyl (C=O) groups excluding carboxylic acids is 3. The van der Waals surface area contributed by atoms with E-state index >= 15 is 0 Å². The monoisotopic (exact) mass is 501 g/mol. The molecule has 0 aliphatic heterocycles. The van der Waals surface area contributed by atoms with Gasteiger partial charge in [-0.3, -0.25) is 0 Å². The maximum absolute atomic E-state index is 14.8. The first-order valence-corrected chi connectivity index (χ1v) is 11.5. The number of esters is 1. The quantitative estimate of drug-likeness (QED) is 0.325. The van der Waals surface area contributed by atoms with Gasteiger partial charge in [-0.05, 0) is 60.5 Å². The third-order valence-electron chi connectivity index (χ3n) is 4.90. The summed E-state index contributed by atoms with van der Waals surface area (Å²) in [5, 5.41) is 2.72. The van der Waals surface area contributed by atoms with Crippen molar-refractivity contribution in [2.45, 2.75) is 90.5 Å². The van der Waals surface area contributed by atoms with Crippen LogP contribution >= 0.6 is 11.6 Å². The molecule has 34 heavy (non-hydrogen) atoms. The van der Waals surface area contributed by atoms with E-state index < -0.39 is 47.3 Å². The number of aromatic nitrogens is 1. The van der Waals surface area contributed by atoms with Gasteiger partial charge >= 0.3 is 18.2 Å². The lowest BCUT2D eigenvalue weighted by molar-refractivity contribution is -0.0119. The molecule has 0 bridgehead atoms. The number of pyridine rings is 1. The topological polar surface area (TPSA) is 107 Å². The van der Waals surface area contributed by atoms with Gasteiger partial charge in [0, 0.05) is 6.04 Å². The normalized spacial score (nSPS) is 18.6. The molecule has 2 atom stereocenters. The number of carbonyl (C=O) groups is 3. The molecule has 1 fully saturated rings. The Labute approximate surface area is 204 Å². The highest BCUT2D eigenvalue weighted by molar-refractivity contribution is 6.32. The number of anilines is 1. The highest BCUT2D eigenvalue weighted by atomic mass is 35.5. The van der Waals surface area contributed by atoms with Crippen LogP contribution in [-0.2, 0) is 14.2 Å². The predicted molar refractivity (Wildman–Crippen MR) is 125 cm³/mol. The minimum absolute atomic E-state index is 0.206. The van der Waals surface area contributed by atoms with Gasteiger partial charge in [-0.1, -0.05) is 24.4 Å². The molecule has 9 nitrogen and oxygen atoms in total. The van der Waals surface area contributed by atoms with Gasteiger partial charge in [0.2, 0.25) is 0 Å². The molecule has 1 aliphatic rings. The van der Waals surface area contributed by atoms with Crippen LogP contribution in [0.1, 0.15) is 77.6 Å². The van der Waals surface area contributed by atoms with E-state index in [2.05, 4.69) is 15.0 Å². The Bertz CT molecular complexity index is 901. The van der Waals surface area contributed by atoms with E-state index in [1.807, 2.05) is 0 Å². The third-order valence-corrected chi connectivity index (χ3v) is 5.19. The molecule has 1 aliphatic carbocycles. The van der Waals surface area contributed by atoms with E-state index in [-0.39, 0.29) is 16.5 Å². The fourth-order valence-corrected chi connectivity index (χ4v) is 3.77. The minimum Gasteiger partial charge on any atom is -0.465 e.